The van der Waals surface area contributed by atoms with E-state index in [1.807, 2.05) is 20.8 Å². The van der Waals surface area contributed by atoms with E-state index in [0.717, 1.165) is 6.07 Å². The van der Waals surface area contributed by atoms with Crippen LogP contribution >= 0.6 is 15.9 Å². The van der Waals surface area contributed by atoms with Gasteiger partial charge >= 0.3 is 5.97 Å². The van der Waals surface area contributed by atoms with Crippen LogP contribution in [0.15, 0.2) is 22.7 Å². The summed E-state index contributed by atoms with van der Waals surface area (Å²) in [6.45, 7) is 6.88. The number of ether oxygens (including phenoxy) is 1. The van der Waals surface area contributed by atoms with E-state index in [-0.39, 0.29) is 5.56 Å². The van der Waals surface area contributed by atoms with Crippen molar-refractivity contribution in [3.8, 4) is 0 Å². The summed E-state index contributed by atoms with van der Waals surface area (Å²) in [7, 11) is 0. The molecule has 1 aromatic carbocycles. The van der Waals surface area contributed by atoms with E-state index in [1.54, 1.807) is 0 Å². The first-order valence-corrected chi connectivity index (χ1v) is 6.87. The van der Waals surface area contributed by atoms with Crippen molar-refractivity contribution in [2.24, 2.45) is 0 Å². The van der Waals surface area contributed by atoms with Gasteiger partial charge in [-0.2, -0.15) is 0 Å². The van der Waals surface area contributed by atoms with Crippen LogP contribution in [0.25, 0.3) is 0 Å². The van der Waals surface area contributed by atoms with Crippen LogP contribution in [0, 0.1) is 5.82 Å². The van der Waals surface area contributed by atoms with Gasteiger partial charge in [-0.05, 0) is 45.9 Å². The minimum absolute atomic E-state index is 0.213. The first-order chi connectivity index (χ1) is 9.10. The second kappa shape index (κ2) is 6.35. The zero-order valence-electron chi connectivity index (χ0n) is 11.8. The molecule has 1 N–H and O–H groups in total. The highest BCUT2D eigenvalue weighted by Gasteiger charge is 2.24. The molecule has 1 rings (SSSR count). The van der Waals surface area contributed by atoms with Crippen LogP contribution in [0.5, 0.6) is 0 Å². The summed E-state index contributed by atoms with van der Waals surface area (Å²) in [5.74, 6) is -2.00. The Morgan fingerprint density at radius 2 is 1.95 bits per heavy atom. The fourth-order valence-electron chi connectivity index (χ4n) is 1.40. The first-order valence-electron chi connectivity index (χ1n) is 6.08. The molecule has 4 nitrogen and oxygen atoms in total. The van der Waals surface area contributed by atoms with E-state index < -0.39 is 29.3 Å². The van der Waals surface area contributed by atoms with Crippen LogP contribution in [0.1, 0.15) is 38.1 Å². The van der Waals surface area contributed by atoms with Crippen LogP contribution in [0.3, 0.4) is 0 Å². The molecule has 1 amide bonds. The third-order valence-corrected chi connectivity index (χ3v) is 2.79. The standard InChI is InChI=1S/C14H17BrFNO3/c1-8(12(18)17-14(2,3)4)20-13(19)10-7-9(15)5-6-11(10)16/h5-8H,1-4H3,(H,17,18)/t8-/m1/s1. The Bertz CT molecular complexity index is 526. The molecule has 1 aromatic rings. The maximum atomic E-state index is 13.5. The fraction of sp³-hybridized carbons (Fsp3) is 0.429. The van der Waals surface area contributed by atoms with Gasteiger partial charge in [-0.3, -0.25) is 4.79 Å². The molecule has 0 saturated heterocycles. The summed E-state index contributed by atoms with van der Waals surface area (Å²) in [6, 6.07) is 3.94. The molecule has 20 heavy (non-hydrogen) atoms. The highest BCUT2D eigenvalue weighted by atomic mass is 79.9. The van der Waals surface area contributed by atoms with Gasteiger partial charge in [0.15, 0.2) is 6.10 Å². The zero-order valence-corrected chi connectivity index (χ0v) is 13.4. The summed E-state index contributed by atoms with van der Waals surface area (Å²) in [6.07, 6.45) is -1.000. The van der Waals surface area contributed by atoms with Gasteiger partial charge in [0.1, 0.15) is 5.82 Å². The first kappa shape index (κ1) is 16.6. The van der Waals surface area contributed by atoms with Gasteiger partial charge < -0.3 is 10.1 Å². The van der Waals surface area contributed by atoms with Crippen molar-refractivity contribution in [3.05, 3.63) is 34.1 Å². The van der Waals surface area contributed by atoms with E-state index in [1.165, 1.54) is 19.1 Å². The maximum Gasteiger partial charge on any atom is 0.341 e. The van der Waals surface area contributed by atoms with E-state index >= 15 is 0 Å². The van der Waals surface area contributed by atoms with Gasteiger partial charge in [0.25, 0.3) is 5.91 Å². The fourth-order valence-corrected chi connectivity index (χ4v) is 1.76. The van der Waals surface area contributed by atoms with E-state index in [4.69, 9.17) is 4.74 Å². The van der Waals surface area contributed by atoms with Crippen LogP contribution in [-0.2, 0) is 9.53 Å². The van der Waals surface area contributed by atoms with Crippen molar-refractivity contribution in [2.45, 2.75) is 39.3 Å². The molecule has 0 saturated carbocycles. The number of carbonyl (C=O) groups excluding carboxylic acids is 2. The number of carbonyl (C=O) groups is 2. The molecule has 110 valence electrons. The lowest BCUT2D eigenvalue weighted by Crippen LogP contribution is -2.46. The molecule has 0 unspecified atom stereocenters. The largest absolute Gasteiger partial charge is 0.449 e. The van der Waals surface area contributed by atoms with Gasteiger partial charge in [-0.25, -0.2) is 9.18 Å². The van der Waals surface area contributed by atoms with Crippen molar-refractivity contribution in [1.29, 1.82) is 0 Å². The zero-order chi connectivity index (χ0) is 15.5. The molecule has 0 spiro atoms. The number of esters is 1. The molecule has 0 heterocycles. The second-order valence-electron chi connectivity index (χ2n) is 5.41. The smallest absolute Gasteiger partial charge is 0.341 e. The lowest BCUT2D eigenvalue weighted by Gasteiger charge is -2.23. The molecule has 0 radical (unpaired) electrons. The molecule has 0 aliphatic carbocycles. The van der Waals surface area contributed by atoms with Crippen molar-refractivity contribution in [3.63, 3.8) is 0 Å². The number of hydrogen-bond donors (Lipinski definition) is 1. The van der Waals surface area contributed by atoms with Crippen molar-refractivity contribution in [2.75, 3.05) is 0 Å². The van der Waals surface area contributed by atoms with Crippen molar-refractivity contribution >= 4 is 27.8 Å². The highest BCUT2D eigenvalue weighted by molar-refractivity contribution is 9.10. The average molecular weight is 346 g/mol. The minimum atomic E-state index is -1.000. The molecule has 0 aliphatic rings. The predicted octanol–water partition coefficient (Wildman–Crippen LogP) is 3.05. The number of nitrogens with one attached hydrogen (secondary N) is 1. The highest BCUT2D eigenvalue weighted by Crippen LogP contribution is 2.17. The Kier molecular flexibility index (Phi) is 5.28. The molecule has 0 bridgehead atoms. The number of halogens is 2. The third kappa shape index (κ3) is 4.92. The summed E-state index contributed by atoms with van der Waals surface area (Å²) in [5, 5.41) is 2.68. The molecule has 0 aromatic heterocycles. The van der Waals surface area contributed by atoms with Gasteiger partial charge in [-0.1, -0.05) is 15.9 Å². The normalized spacial score (nSPS) is 12.7. The van der Waals surface area contributed by atoms with Crippen LogP contribution in [-0.4, -0.2) is 23.5 Å². The summed E-state index contributed by atoms with van der Waals surface area (Å²) >= 11 is 3.15. The Labute approximate surface area is 125 Å². The van der Waals surface area contributed by atoms with Crippen LogP contribution < -0.4 is 5.32 Å². The lowest BCUT2D eigenvalue weighted by atomic mass is 10.1. The second-order valence-corrected chi connectivity index (χ2v) is 6.33. The molecular formula is C14H17BrFNO3. The Morgan fingerprint density at radius 1 is 1.35 bits per heavy atom. The SMILES string of the molecule is C[C@@H](OC(=O)c1cc(Br)ccc1F)C(=O)NC(C)(C)C. The molecule has 0 aliphatic heterocycles. The molecular weight excluding hydrogens is 329 g/mol. The lowest BCUT2D eigenvalue weighted by molar-refractivity contribution is -0.130. The van der Waals surface area contributed by atoms with Crippen LogP contribution in [0.2, 0.25) is 0 Å². The monoisotopic (exact) mass is 345 g/mol. The topological polar surface area (TPSA) is 55.4 Å². The quantitative estimate of drug-likeness (QED) is 0.856. The Balaban J connectivity index is 2.75. The number of amides is 1. The third-order valence-electron chi connectivity index (χ3n) is 2.30. The maximum absolute atomic E-state index is 13.5. The van der Waals surface area contributed by atoms with Crippen molar-refractivity contribution < 1.29 is 18.7 Å². The average Bonchev–Trinajstić information content (AvgIpc) is 2.29. The molecule has 1 atom stereocenters. The van der Waals surface area contributed by atoms with Gasteiger partial charge in [0.05, 0.1) is 5.56 Å². The van der Waals surface area contributed by atoms with Gasteiger partial charge in [-0.15, -0.1) is 0 Å². The Morgan fingerprint density at radius 3 is 2.50 bits per heavy atom. The molecule has 0 fully saturated rings. The summed E-state index contributed by atoms with van der Waals surface area (Å²) in [4.78, 5) is 23.6. The van der Waals surface area contributed by atoms with E-state index in [2.05, 4.69) is 21.2 Å². The van der Waals surface area contributed by atoms with Crippen molar-refractivity contribution in [1.82, 2.24) is 5.32 Å². The van der Waals surface area contributed by atoms with Crippen LogP contribution in [0.4, 0.5) is 4.39 Å². The Hall–Kier alpha value is -1.43. The summed E-state index contributed by atoms with van der Waals surface area (Å²) in [5.41, 5.74) is -0.645. The number of benzene rings is 1. The van der Waals surface area contributed by atoms with E-state index in [0.29, 0.717) is 4.47 Å². The predicted molar refractivity (Wildman–Crippen MR) is 76.9 cm³/mol. The number of hydrogen-bond acceptors (Lipinski definition) is 3. The van der Waals surface area contributed by atoms with E-state index in [9.17, 15) is 14.0 Å². The van der Waals surface area contributed by atoms with Gasteiger partial charge in [0, 0.05) is 10.0 Å². The minimum Gasteiger partial charge on any atom is -0.449 e. The molecule has 6 heteroatoms. The number of rotatable bonds is 3. The van der Waals surface area contributed by atoms with Gasteiger partial charge in [0.2, 0.25) is 0 Å². The summed E-state index contributed by atoms with van der Waals surface area (Å²) < 4.78 is 19.0.